The Labute approximate surface area is 230 Å². The SMILES string of the molecule is CO/N=C(\C(=O)NC1C(=O)N2C(C(=O)O)=C(Cc3cccc(NC(=O)CSC)c3)CSC12)c1csc(N)n1. The molecule has 0 bridgehead atoms. The van der Waals surface area contributed by atoms with E-state index >= 15 is 0 Å². The summed E-state index contributed by atoms with van der Waals surface area (Å²) in [6, 6.07) is 6.20. The molecule has 2 aromatic rings. The number of hydrogen-bond acceptors (Lipinski definition) is 11. The second-order valence-electron chi connectivity index (χ2n) is 8.17. The number of hydrogen-bond donors (Lipinski definition) is 4. The maximum absolute atomic E-state index is 13.0. The van der Waals surface area contributed by atoms with Gasteiger partial charge in [0.25, 0.3) is 11.8 Å². The molecule has 15 heteroatoms. The summed E-state index contributed by atoms with van der Waals surface area (Å²) in [5.74, 6) is -1.93. The van der Waals surface area contributed by atoms with E-state index in [0.717, 1.165) is 16.9 Å². The highest BCUT2D eigenvalue weighted by molar-refractivity contribution is 8.00. The molecule has 2 atom stereocenters. The fraction of sp³-hybridized carbons (Fsp3) is 0.304. The van der Waals surface area contributed by atoms with E-state index in [-0.39, 0.29) is 34.6 Å². The van der Waals surface area contributed by atoms with Crippen LogP contribution in [0.15, 0.2) is 46.1 Å². The molecule has 3 amide bonds. The summed E-state index contributed by atoms with van der Waals surface area (Å²) in [5, 5.41) is 20.3. The minimum atomic E-state index is -1.23. The molecule has 1 saturated heterocycles. The van der Waals surface area contributed by atoms with Gasteiger partial charge in [0, 0.05) is 16.8 Å². The fourth-order valence-electron chi connectivity index (χ4n) is 4.05. The summed E-state index contributed by atoms with van der Waals surface area (Å²) in [4.78, 5) is 60.1. The summed E-state index contributed by atoms with van der Waals surface area (Å²) in [7, 11) is 1.27. The van der Waals surface area contributed by atoms with Crippen molar-refractivity contribution in [3.05, 3.63) is 52.2 Å². The molecule has 3 heterocycles. The zero-order valence-electron chi connectivity index (χ0n) is 20.3. The molecule has 12 nitrogen and oxygen atoms in total. The smallest absolute Gasteiger partial charge is 0.352 e. The Morgan fingerprint density at radius 3 is 2.82 bits per heavy atom. The Hall–Kier alpha value is -3.56. The molecule has 2 aliphatic rings. The van der Waals surface area contributed by atoms with E-state index in [0.29, 0.717) is 22.8 Å². The summed E-state index contributed by atoms with van der Waals surface area (Å²) >= 11 is 3.88. The van der Waals surface area contributed by atoms with Crippen molar-refractivity contribution in [1.29, 1.82) is 0 Å². The molecule has 2 unspecified atom stereocenters. The average Bonchev–Trinajstić information content (AvgIpc) is 3.31. The molecule has 0 radical (unpaired) electrons. The Morgan fingerprint density at radius 2 is 2.16 bits per heavy atom. The topological polar surface area (TPSA) is 176 Å². The summed E-state index contributed by atoms with van der Waals surface area (Å²) in [6.07, 6.45) is 2.12. The van der Waals surface area contributed by atoms with Gasteiger partial charge in [-0.05, 0) is 35.9 Å². The summed E-state index contributed by atoms with van der Waals surface area (Å²) in [6.45, 7) is 0. The first-order valence-corrected chi connectivity index (χ1v) is 14.5. The Morgan fingerprint density at radius 1 is 1.37 bits per heavy atom. The molecule has 2 aliphatic heterocycles. The van der Waals surface area contributed by atoms with Gasteiger partial charge in [-0.1, -0.05) is 17.3 Å². The largest absolute Gasteiger partial charge is 0.477 e. The van der Waals surface area contributed by atoms with Crippen molar-refractivity contribution in [2.24, 2.45) is 5.16 Å². The molecule has 200 valence electrons. The van der Waals surface area contributed by atoms with Crippen molar-refractivity contribution in [3.63, 3.8) is 0 Å². The number of thiazole rings is 1. The number of nitrogens with two attached hydrogens (primary N) is 1. The number of carboxylic acid groups (broad SMARTS) is 1. The number of carbonyl (C=O) groups is 4. The van der Waals surface area contributed by atoms with Crippen LogP contribution < -0.4 is 16.4 Å². The zero-order valence-corrected chi connectivity index (χ0v) is 22.7. The third-order valence-corrected chi connectivity index (χ3v) is 8.17. The third-order valence-electron chi connectivity index (χ3n) is 5.60. The normalized spacial score (nSPS) is 18.9. The minimum absolute atomic E-state index is 0.0980. The van der Waals surface area contributed by atoms with Crippen LogP contribution >= 0.6 is 34.9 Å². The van der Waals surface area contributed by atoms with Crippen LogP contribution in [-0.2, 0) is 30.4 Å². The number of benzene rings is 1. The number of carboxylic acids is 1. The molecular formula is C23H24N6O6S3. The number of rotatable bonds is 10. The number of aliphatic carboxylic acids is 1. The molecule has 1 aromatic heterocycles. The standard InChI is InChI=1S/C23H24N6O6S3/c1-35-28-16(14-9-38-23(24)26-14)19(31)27-17-20(32)29-18(22(33)34)12(8-37-21(17)29)6-11-4-3-5-13(7-11)25-15(30)10-36-2/h3-5,7,9,17,21H,6,8,10H2,1-2H3,(H2,24,26)(H,25,30)(H,27,31)(H,33,34)/b28-16-. The maximum atomic E-state index is 13.0. The van der Waals surface area contributed by atoms with Gasteiger partial charge < -0.3 is 26.3 Å². The molecule has 0 aliphatic carbocycles. The van der Waals surface area contributed by atoms with E-state index in [2.05, 4.69) is 20.8 Å². The maximum Gasteiger partial charge on any atom is 0.352 e. The molecule has 4 rings (SSSR count). The van der Waals surface area contributed by atoms with E-state index in [1.807, 2.05) is 12.3 Å². The number of nitrogens with one attached hydrogen (secondary N) is 2. The number of β-lactam (4-membered cyclic amide) rings is 1. The van der Waals surface area contributed by atoms with Crippen molar-refractivity contribution in [3.8, 4) is 0 Å². The number of oxime groups is 1. The van der Waals surface area contributed by atoms with Crippen LogP contribution in [0.2, 0.25) is 0 Å². The van der Waals surface area contributed by atoms with Crippen LogP contribution in [0.5, 0.6) is 0 Å². The second kappa shape index (κ2) is 11.9. The van der Waals surface area contributed by atoms with Crippen LogP contribution in [0.1, 0.15) is 11.3 Å². The Bertz CT molecular complexity index is 1340. The first kappa shape index (κ1) is 27.5. The van der Waals surface area contributed by atoms with Gasteiger partial charge in [0.05, 0.1) is 5.75 Å². The first-order chi connectivity index (χ1) is 18.2. The van der Waals surface area contributed by atoms with Crippen molar-refractivity contribution < 1.29 is 29.1 Å². The van der Waals surface area contributed by atoms with E-state index in [1.54, 1.807) is 18.2 Å². The number of nitrogens with zero attached hydrogens (tertiary/aromatic N) is 3. The van der Waals surface area contributed by atoms with Gasteiger partial charge in [0.1, 0.15) is 29.9 Å². The van der Waals surface area contributed by atoms with Crippen molar-refractivity contribution in [2.75, 3.05) is 35.9 Å². The van der Waals surface area contributed by atoms with Gasteiger partial charge >= 0.3 is 5.97 Å². The number of fused-ring (bicyclic) bond motifs is 1. The van der Waals surface area contributed by atoms with Crippen LogP contribution in [0.3, 0.4) is 0 Å². The monoisotopic (exact) mass is 576 g/mol. The number of amides is 3. The Kier molecular flexibility index (Phi) is 8.58. The lowest BCUT2D eigenvalue weighted by molar-refractivity contribution is -0.150. The summed E-state index contributed by atoms with van der Waals surface area (Å²) < 4.78 is 0. The number of aromatic nitrogens is 1. The van der Waals surface area contributed by atoms with Crippen LogP contribution in [0.4, 0.5) is 10.8 Å². The molecule has 1 aromatic carbocycles. The lowest BCUT2D eigenvalue weighted by Crippen LogP contribution is -2.71. The minimum Gasteiger partial charge on any atom is -0.477 e. The highest BCUT2D eigenvalue weighted by Crippen LogP contribution is 2.41. The van der Waals surface area contributed by atoms with Crippen molar-refractivity contribution in [1.82, 2.24) is 15.2 Å². The molecule has 0 spiro atoms. The lowest BCUT2D eigenvalue weighted by Gasteiger charge is -2.49. The van der Waals surface area contributed by atoms with Gasteiger partial charge in [0.2, 0.25) is 5.91 Å². The van der Waals surface area contributed by atoms with E-state index < -0.39 is 29.2 Å². The highest BCUT2D eigenvalue weighted by Gasteiger charge is 2.54. The number of carbonyl (C=O) groups excluding carboxylic acids is 3. The van der Waals surface area contributed by atoms with E-state index in [1.165, 1.54) is 40.9 Å². The predicted molar refractivity (Wildman–Crippen MR) is 147 cm³/mol. The van der Waals surface area contributed by atoms with Gasteiger partial charge in [-0.3, -0.25) is 19.3 Å². The zero-order chi connectivity index (χ0) is 27.4. The predicted octanol–water partition coefficient (Wildman–Crippen LogP) is 1.36. The van der Waals surface area contributed by atoms with E-state index in [9.17, 15) is 24.3 Å². The van der Waals surface area contributed by atoms with Gasteiger partial charge in [-0.25, -0.2) is 9.78 Å². The third kappa shape index (κ3) is 5.79. The van der Waals surface area contributed by atoms with Crippen LogP contribution in [0, 0.1) is 0 Å². The van der Waals surface area contributed by atoms with Crippen molar-refractivity contribution in [2.45, 2.75) is 17.8 Å². The molecule has 38 heavy (non-hydrogen) atoms. The average molecular weight is 577 g/mol. The highest BCUT2D eigenvalue weighted by atomic mass is 32.2. The van der Waals surface area contributed by atoms with Gasteiger partial charge in [-0.15, -0.1) is 23.1 Å². The molecule has 0 saturated carbocycles. The lowest BCUT2D eigenvalue weighted by atomic mass is 9.98. The van der Waals surface area contributed by atoms with Gasteiger partial charge in [-0.2, -0.15) is 11.8 Å². The number of nitrogen functional groups attached to an aromatic ring is 1. The molecular weight excluding hydrogens is 552 g/mol. The van der Waals surface area contributed by atoms with Crippen LogP contribution in [-0.4, -0.2) is 80.7 Å². The van der Waals surface area contributed by atoms with Gasteiger partial charge in [0.15, 0.2) is 10.8 Å². The summed E-state index contributed by atoms with van der Waals surface area (Å²) in [5.41, 5.74) is 7.57. The fourth-order valence-corrected chi connectivity index (χ4v) is 6.28. The molecule has 1 fully saturated rings. The quantitative estimate of drug-likeness (QED) is 0.183. The Balaban J connectivity index is 1.50. The second-order valence-corrected chi connectivity index (χ2v) is 11.0. The first-order valence-electron chi connectivity index (χ1n) is 11.1. The van der Waals surface area contributed by atoms with E-state index in [4.69, 9.17) is 10.6 Å². The number of thioether (sulfide) groups is 2. The van der Waals surface area contributed by atoms with Crippen LogP contribution in [0.25, 0.3) is 0 Å². The number of anilines is 2. The van der Waals surface area contributed by atoms with Crippen molar-refractivity contribution >= 4 is 75.1 Å². The molecule has 5 N–H and O–H groups in total.